The molecule has 3 atom stereocenters. The minimum absolute atomic E-state index is 0.176. The van der Waals surface area contributed by atoms with Gasteiger partial charge in [-0.1, -0.05) is 35.0 Å². The van der Waals surface area contributed by atoms with E-state index in [9.17, 15) is 0 Å². The summed E-state index contributed by atoms with van der Waals surface area (Å²) in [5, 5.41) is 0. The summed E-state index contributed by atoms with van der Waals surface area (Å²) in [4.78, 5) is 4.98. The molecular formula is C16H26BrN3. The lowest BCUT2D eigenvalue weighted by molar-refractivity contribution is 0.0492. The van der Waals surface area contributed by atoms with E-state index < -0.39 is 0 Å². The van der Waals surface area contributed by atoms with Crippen molar-refractivity contribution in [3.05, 3.63) is 34.3 Å². The van der Waals surface area contributed by atoms with E-state index in [1.807, 2.05) is 0 Å². The highest BCUT2D eigenvalue weighted by atomic mass is 79.9. The first-order valence-corrected chi connectivity index (χ1v) is 8.27. The lowest BCUT2D eigenvalue weighted by Crippen LogP contribution is -2.54. The predicted molar refractivity (Wildman–Crippen MR) is 88.8 cm³/mol. The van der Waals surface area contributed by atoms with E-state index in [0.717, 1.165) is 30.5 Å². The second-order valence-corrected chi connectivity index (χ2v) is 6.84. The fraction of sp³-hybridized carbons (Fsp3) is 0.625. The van der Waals surface area contributed by atoms with E-state index in [2.05, 4.69) is 70.9 Å². The quantitative estimate of drug-likeness (QED) is 0.915. The number of rotatable bonds is 4. The molecule has 3 unspecified atom stereocenters. The van der Waals surface area contributed by atoms with Gasteiger partial charge in [-0.05, 0) is 38.1 Å². The second-order valence-electron chi connectivity index (χ2n) is 5.92. The third-order valence-electron chi connectivity index (χ3n) is 4.31. The summed E-state index contributed by atoms with van der Waals surface area (Å²) in [5.41, 5.74) is 7.78. The third-order valence-corrected chi connectivity index (χ3v) is 4.80. The molecule has 1 fully saturated rings. The molecule has 1 aliphatic rings. The predicted octanol–water partition coefficient (Wildman–Crippen LogP) is 2.86. The minimum Gasteiger partial charge on any atom is -0.326 e. The molecule has 2 N–H and O–H groups in total. The van der Waals surface area contributed by atoms with Crippen molar-refractivity contribution in [3.8, 4) is 0 Å². The van der Waals surface area contributed by atoms with Crippen molar-refractivity contribution in [2.24, 2.45) is 5.73 Å². The summed E-state index contributed by atoms with van der Waals surface area (Å²) >= 11 is 3.58. The van der Waals surface area contributed by atoms with Gasteiger partial charge in [0.2, 0.25) is 0 Å². The van der Waals surface area contributed by atoms with Gasteiger partial charge in [0.1, 0.15) is 0 Å². The Morgan fingerprint density at radius 3 is 2.75 bits per heavy atom. The molecule has 112 valence electrons. The largest absolute Gasteiger partial charge is 0.326 e. The van der Waals surface area contributed by atoms with Crippen LogP contribution in [0.15, 0.2) is 28.7 Å². The van der Waals surface area contributed by atoms with Crippen LogP contribution in [-0.2, 0) is 0 Å². The van der Waals surface area contributed by atoms with Crippen LogP contribution in [0.1, 0.15) is 31.9 Å². The maximum absolute atomic E-state index is 6.46. The van der Waals surface area contributed by atoms with Gasteiger partial charge in [-0.25, -0.2) is 0 Å². The molecule has 20 heavy (non-hydrogen) atoms. The molecule has 0 spiro atoms. The number of benzene rings is 1. The van der Waals surface area contributed by atoms with Crippen molar-refractivity contribution in [3.63, 3.8) is 0 Å². The maximum Gasteiger partial charge on any atom is 0.0503 e. The van der Waals surface area contributed by atoms with Crippen molar-refractivity contribution in [2.45, 2.75) is 38.4 Å². The Kier molecular flexibility index (Phi) is 5.61. The lowest BCUT2D eigenvalue weighted by Gasteiger charge is -2.45. The third kappa shape index (κ3) is 3.61. The Bertz CT molecular complexity index is 437. The lowest BCUT2D eigenvalue weighted by atomic mass is 9.94. The Morgan fingerprint density at radius 2 is 2.15 bits per heavy atom. The van der Waals surface area contributed by atoms with Crippen LogP contribution < -0.4 is 5.73 Å². The molecule has 0 amide bonds. The number of nitrogens with zero attached hydrogens (tertiary/aromatic N) is 2. The summed E-state index contributed by atoms with van der Waals surface area (Å²) in [6.07, 6.45) is 0.996. The van der Waals surface area contributed by atoms with Crippen LogP contribution in [0, 0.1) is 0 Å². The fourth-order valence-corrected chi connectivity index (χ4v) is 3.58. The molecule has 0 radical (unpaired) electrons. The van der Waals surface area contributed by atoms with E-state index in [-0.39, 0.29) is 6.04 Å². The molecular weight excluding hydrogens is 314 g/mol. The topological polar surface area (TPSA) is 32.5 Å². The molecule has 0 aromatic heterocycles. The van der Waals surface area contributed by atoms with Gasteiger partial charge in [-0.3, -0.25) is 4.90 Å². The first-order chi connectivity index (χ1) is 9.52. The van der Waals surface area contributed by atoms with Gasteiger partial charge in [0.05, 0.1) is 6.04 Å². The first-order valence-electron chi connectivity index (χ1n) is 7.48. The van der Waals surface area contributed by atoms with E-state index in [1.165, 1.54) is 5.56 Å². The van der Waals surface area contributed by atoms with Crippen LogP contribution in [0.5, 0.6) is 0 Å². The van der Waals surface area contributed by atoms with Gasteiger partial charge in [0.15, 0.2) is 0 Å². The SMILES string of the molecule is CCC(N)C(c1cccc(Br)c1)N1CCN(C)CC1C. The number of hydrogen-bond donors (Lipinski definition) is 1. The Hall–Kier alpha value is -0.420. The fourth-order valence-electron chi connectivity index (χ4n) is 3.17. The number of halogens is 1. The van der Waals surface area contributed by atoms with Crippen LogP contribution in [-0.4, -0.2) is 48.6 Å². The number of likely N-dealkylation sites (N-methyl/N-ethyl adjacent to an activating group) is 1. The van der Waals surface area contributed by atoms with Gasteiger partial charge in [0, 0.05) is 36.2 Å². The monoisotopic (exact) mass is 339 g/mol. The van der Waals surface area contributed by atoms with E-state index in [4.69, 9.17) is 5.73 Å². The van der Waals surface area contributed by atoms with Crippen LogP contribution in [0.3, 0.4) is 0 Å². The average molecular weight is 340 g/mol. The van der Waals surface area contributed by atoms with Crippen LogP contribution in [0.25, 0.3) is 0 Å². The summed E-state index contributed by atoms with van der Waals surface area (Å²) in [6, 6.07) is 9.62. The molecule has 2 rings (SSSR count). The normalized spacial score (nSPS) is 24.6. The highest BCUT2D eigenvalue weighted by Gasteiger charge is 2.32. The highest BCUT2D eigenvalue weighted by molar-refractivity contribution is 9.10. The van der Waals surface area contributed by atoms with Crippen molar-refractivity contribution >= 4 is 15.9 Å². The summed E-state index contributed by atoms with van der Waals surface area (Å²) in [6.45, 7) is 7.80. The highest BCUT2D eigenvalue weighted by Crippen LogP contribution is 2.30. The van der Waals surface area contributed by atoms with E-state index in [0.29, 0.717) is 12.1 Å². The smallest absolute Gasteiger partial charge is 0.0503 e. The first kappa shape index (κ1) is 16.0. The van der Waals surface area contributed by atoms with E-state index in [1.54, 1.807) is 0 Å². The average Bonchev–Trinajstić information content (AvgIpc) is 2.41. The number of piperazine rings is 1. The van der Waals surface area contributed by atoms with Gasteiger partial charge in [0.25, 0.3) is 0 Å². The minimum atomic E-state index is 0.176. The molecule has 1 aromatic rings. The molecule has 0 saturated carbocycles. The molecule has 1 aliphatic heterocycles. The molecule has 3 nitrogen and oxygen atoms in total. The zero-order chi connectivity index (χ0) is 14.7. The molecule has 1 heterocycles. The summed E-state index contributed by atoms with van der Waals surface area (Å²) in [5.74, 6) is 0. The second kappa shape index (κ2) is 7.03. The zero-order valence-electron chi connectivity index (χ0n) is 12.7. The van der Waals surface area contributed by atoms with Crippen molar-refractivity contribution in [1.29, 1.82) is 0 Å². The van der Waals surface area contributed by atoms with Crippen molar-refractivity contribution in [2.75, 3.05) is 26.7 Å². The molecule has 4 heteroatoms. The summed E-state index contributed by atoms with van der Waals surface area (Å²) in [7, 11) is 2.20. The molecule has 0 bridgehead atoms. The van der Waals surface area contributed by atoms with Crippen molar-refractivity contribution in [1.82, 2.24) is 9.80 Å². The Balaban J connectivity index is 2.28. The Labute approximate surface area is 131 Å². The van der Waals surface area contributed by atoms with Gasteiger partial charge in [-0.2, -0.15) is 0 Å². The van der Waals surface area contributed by atoms with Crippen LogP contribution >= 0.6 is 15.9 Å². The number of hydrogen-bond acceptors (Lipinski definition) is 3. The molecule has 1 saturated heterocycles. The zero-order valence-corrected chi connectivity index (χ0v) is 14.3. The van der Waals surface area contributed by atoms with Gasteiger partial charge < -0.3 is 10.6 Å². The molecule has 0 aliphatic carbocycles. The van der Waals surface area contributed by atoms with Crippen LogP contribution in [0.2, 0.25) is 0 Å². The van der Waals surface area contributed by atoms with Crippen LogP contribution in [0.4, 0.5) is 0 Å². The van der Waals surface area contributed by atoms with Gasteiger partial charge in [-0.15, -0.1) is 0 Å². The summed E-state index contributed by atoms with van der Waals surface area (Å²) < 4.78 is 1.13. The van der Waals surface area contributed by atoms with Gasteiger partial charge >= 0.3 is 0 Å². The standard InChI is InChI=1S/C16H26BrN3/c1-4-15(18)16(13-6-5-7-14(17)10-13)20-9-8-19(3)11-12(20)2/h5-7,10,12,15-16H,4,8-9,11,18H2,1-3H3. The van der Waals surface area contributed by atoms with E-state index >= 15 is 0 Å². The molecule has 1 aromatic carbocycles. The maximum atomic E-state index is 6.46. The number of nitrogens with two attached hydrogens (primary N) is 1. The Morgan fingerprint density at radius 1 is 1.40 bits per heavy atom. The van der Waals surface area contributed by atoms with Crippen molar-refractivity contribution < 1.29 is 0 Å².